The minimum atomic E-state index is 0.282. The van der Waals surface area contributed by atoms with Gasteiger partial charge < -0.3 is 4.74 Å². The van der Waals surface area contributed by atoms with E-state index < -0.39 is 0 Å². The molecule has 1 radical (unpaired) electrons. The number of rotatable bonds is 3. The molecule has 2 heteroatoms. The molecular formula is C13H11O2. The summed E-state index contributed by atoms with van der Waals surface area (Å²) in [6.45, 7) is 3.80. The molecule has 0 spiro atoms. The molecule has 0 N–H and O–H groups in total. The highest BCUT2D eigenvalue weighted by atomic mass is 16.5. The van der Waals surface area contributed by atoms with Crippen LogP contribution >= 0.6 is 0 Å². The largest absolute Gasteiger partial charge is 0.452 e. The van der Waals surface area contributed by atoms with Gasteiger partial charge in [-0.1, -0.05) is 36.4 Å². The van der Waals surface area contributed by atoms with Crippen molar-refractivity contribution >= 4 is 17.2 Å². The van der Waals surface area contributed by atoms with Crippen molar-refractivity contribution in [1.82, 2.24) is 0 Å². The predicted octanol–water partition coefficient (Wildman–Crippen LogP) is 2.73. The predicted molar refractivity (Wildman–Crippen MR) is 59.2 cm³/mol. The number of hydrogen-bond acceptors (Lipinski definition) is 2. The highest BCUT2D eigenvalue weighted by Gasteiger charge is 2.02. The van der Waals surface area contributed by atoms with Crippen molar-refractivity contribution < 1.29 is 9.53 Å². The first-order valence-electron chi connectivity index (χ1n) is 4.79. The van der Waals surface area contributed by atoms with Gasteiger partial charge in [-0.3, -0.25) is 0 Å². The van der Waals surface area contributed by atoms with Gasteiger partial charge in [-0.15, -0.1) is 0 Å². The summed E-state index contributed by atoms with van der Waals surface area (Å²) in [7, 11) is 0. The van der Waals surface area contributed by atoms with E-state index in [0.29, 0.717) is 0 Å². The first-order chi connectivity index (χ1) is 7.33. The summed E-state index contributed by atoms with van der Waals surface area (Å²) in [5.74, 6) is 0. The average Bonchev–Trinajstić information content (AvgIpc) is 2.29. The smallest absolute Gasteiger partial charge is 0.417 e. The van der Waals surface area contributed by atoms with Gasteiger partial charge in [0.25, 0.3) is 0 Å². The molecule has 2 rings (SSSR count). The molecular weight excluding hydrogens is 188 g/mol. The van der Waals surface area contributed by atoms with Crippen LogP contribution in [0.25, 0.3) is 10.8 Å². The zero-order chi connectivity index (χ0) is 10.7. The summed E-state index contributed by atoms with van der Waals surface area (Å²) in [5.41, 5.74) is 2.24. The Hall–Kier alpha value is -1.83. The molecule has 0 fully saturated rings. The fraction of sp³-hybridized carbons (Fsp3) is 0.154. The molecule has 0 aromatic heterocycles. The standard InChI is InChI=1S/C13H11O2/c1-10-6-7-11(8-15-9-14)13-5-3-2-4-12(10)13/h2-7H,8H2,1H3. The lowest BCUT2D eigenvalue weighted by Crippen LogP contribution is -1.92. The van der Waals surface area contributed by atoms with Gasteiger partial charge >= 0.3 is 6.47 Å². The minimum Gasteiger partial charge on any atom is -0.452 e. The lowest BCUT2D eigenvalue weighted by Gasteiger charge is -2.07. The maximum atomic E-state index is 10.0. The van der Waals surface area contributed by atoms with Crippen LogP contribution in [0.4, 0.5) is 0 Å². The number of hydrogen-bond donors (Lipinski definition) is 0. The molecule has 0 aliphatic rings. The minimum absolute atomic E-state index is 0.282. The van der Waals surface area contributed by atoms with E-state index in [-0.39, 0.29) is 6.61 Å². The first-order valence-corrected chi connectivity index (χ1v) is 4.79. The van der Waals surface area contributed by atoms with Crippen molar-refractivity contribution in [1.29, 1.82) is 0 Å². The third-order valence-electron chi connectivity index (χ3n) is 2.52. The Kier molecular flexibility index (Phi) is 2.68. The molecule has 0 amide bonds. The highest BCUT2D eigenvalue weighted by Crippen LogP contribution is 2.22. The molecule has 0 unspecified atom stereocenters. The van der Waals surface area contributed by atoms with Gasteiger partial charge in [0.05, 0.1) is 0 Å². The van der Waals surface area contributed by atoms with Crippen LogP contribution in [-0.4, -0.2) is 6.47 Å². The van der Waals surface area contributed by atoms with Crippen LogP contribution in [0.1, 0.15) is 11.1 Å². The number of ether oxygens (including phenoxy) is 1. The third-order valence-corrected chi connectivity index (χ3v) is 2.52. The van der Waals surface area contributed by atoms with Crippen molar-refractivity contribution in [3.63, 3.8) is 0 Å². The van der Waals surface area contributed by atoms with Gasteiger partial charge in [-0.2, -0.15) is 0 Å². The molecule has 15 heavy (non-hydrogen) atoms. The van der Waals surface area contributed by atoms with E-state index >= 15 is 0 Å². The summed E-state index contributed by atoms with van der Waals surface area (Å²) in [5, 5.41) is 2.33. The topological polar surface area (TPSA) is 26.3 Å². The number of fused-ring (bicyclic) bond motifs is 1. The summed E-state index contributed by atoms with van der Waals surface area (Å²) < 4.78 is 4.66. The molecule has 0 saturated carbocycles. The van der Waals surface area contributed by atoms with Gasteiger partial charge in [0.15, 0.2) is 0 Å². The van der Waals surface area contributed by atoms with E-state index in [0.717, 1.165) is 10.9 Å². The second-order valence-electron chi connectivity index (χ2n) is 3.46. The van der Waals surface area contributed by atoms with Crippen LogP contribution < -0.4 is 0 Å². The number of benzene rings is 2. The number of aryl methyl sites for hydroxylation is 1. The average molecular weight is 199 g/mol. The van der Waals surface area contributed by atoms with Crippen molar-refractivity contribution in [2.75, 3.05) is 0 Å². The van der Waals surface area contributed by atoms with Crippen molar-refractivity contribution in [3.8, 4) is 0 Å². The summed E-state index contributed by atoms with van der Waals surface area (Å²) in [4.78, 5) is 10.0. The Morgan fingerprint density at radius 3 is 2.60 bits per heavy atom. The Morgan fingerprint density at radius 1 is 1.13 bits per heavy atom. The quantitative estimate of drug-likeness (QED) is 0.759. The molecule has 75 valence electrons. The van der Waals surface area contributed by atoms with Crippen LogP contribution in [0.3, 0.4) is 0 Å². The molecule has 2 aromatic rings. The lowest BCUT2D eigenvalue weighted by atomic mass is 10.0. The Labute approximate surface area is 88.5 Å². The van der Waals surface area contributed by atoms with Crippen LogP contribution in [-0.2, 0) is 16.1 Å². The molecule has 0 saturated heterocycles. The zero-order valence-corrected chi connectivity index (χ0v) is 8.49. The lowest BCUT2D eigenvalue weighted by molar-refractivity contribution is 0.268. The van der Waals surface area contributed by atoms with Gasteiger partial charge in [0, 0.05) is 0 Å². The maximum Gasteiger partial charge on any atom is 0.417 e. The highest BCUT2D eigenvalue weighted by molar-refractivity contribution is 5.88. The van der Waals surface area contributed by atoms with Crippen LogP contribution in [0.15, 0.2) is 36.4 Å². The molecule has 0 bridgehead atoms. The van der Waals surface area contributed by atoms with Crippen LogP contribution in [0, 0.1) is 6.92 Å². The summed E-state index contributed by atoms with van der Waals surface area (Å²) in [6, 6.07) is 12.1. The van der Waals surface area contributed by atoms with E-state index in [2.05, 4.69) is 17.7 Å². The van der Waals surface area contributed by atoms with Gasteiger partial charge in [0.2, 0.25) is 0 Å². The molecule has 2 aromatic carbocycles. The Morgan fingerprint density at radius 2 is 1.87 bits per heavy atom. The zero-order valence-electron chi connectivity index (χ0n) is 8.49. The SMILES string of the molecule is Cc1ccc(CO[C]=O)c2ccccc12. The van der Waals surface area contributed by atoms with E-state index in [1.54, 1.807) is 0 Å². The van der Waals surface area contributed by atoms with E-state index in [9.17, 15) is 4.79 Å². The van der Waals surface area contributed by atoms with Crippen molar-refractivity contribution in [2.24, 2.45) is 0 Å². The fourth-order valence-electron chi connectivity index (χ4n) is 1.75. The second-order valence-corrected chi connectivity index (χ2v) is 3.46. The van der Waals surface area contributed by atoms with E-state index in [1.807, 2.05) is 30.3 Å². The molecule has 0 aliphatic heterocycles. The fourth-order valence-corrected chi connectivity index (χ4v) is 1.75. The van der Waals surface area contributed by atoms with E-state index in [1.165, 1.54) is 17.4 Å². The third kappa shape index (κ3) is 1.84. The van der Waals surface area contributed by atoms with Crippen molar-refractivity contribution in [2.45, 2.75) is 13.5 Å². The Bertz CT molecular complexity index is 489. The second kappa shape index (κ2) is 4.13. The summed E-state index contributed by atoms with van der Waals surface area (Å²) >= 11 is 0. The maximum absolute atomic E-state index is 10.0. The molecule has 0 aliphatic carbocycles. The number of carbonyl (C=O) groups excluding carboxylic acids is 1. The van der Waals surface area contributed by atoms with Crippen LogP contribution in [0.5, 0.6) is 0 Å². The van der Waals surface area contributed by atoms with E-state index in [4.69, 9.17) is 0 Å². The summed E-state index contributed by atoms with van der Waals surface area (Å²) in [6.07, 6.45) is 0. The normalized spacial score (nSPS) is 10.2. The van der Waals surface area contributed by atoms with Gasteiger partial charge in [-0.25, -0.2) is 4.79 Å². The molecule has 0 atom stereocenters. The monoisotopic (exact) mass is 199 g/mol. The van der Waals surface area contributed by atoms with Gasteiger partial charge in [0.1, 0.15) is 6.61 Å². The van der Waals surface area contributed by atoms with Crippen molar-refractivity contribution in [3.05, 3.63) is 47.5 Å². The van der Waals surface area contributed by atoms with Crippen LogP contribution in [0.2, 0.25) is 0 Å². The van der Waals surface area contributed by atoms with Gasteiger partial charge in [-0.05, 0) is 28.8 Å². The molecule has 0 heterocycles. The Balaban J connectivity index is 2.56. The first kappa shape index (κ1) is 9.71. The molecule has 2 nitrogen and oxygen atoms in total.